The van der Waals surface area contributed by atoms with E-state index in [0.29, 0.717) is 18.7 Å². The average molecular weight is 625 g/mol. The molecule has 1 aromatic carbocycles. The third-order valence-corrected chi connectivity index (χ3v) is 7.29. The van der Waals surface area contributed by atoms with Crippen LogP contribution in [0.5, 0.6) is 0 Å². The minimum absolute atomic E-state index is 0.00548. The largest absolute Gasteiger partial charge is 0.469 e. The zero-order valence-electron chi connectivity index (χ0n) is 11.5. The number of ether oxygens (including phenoxy) is 1. The highest BCUT2D eigenvalue weighted by atomic mass is 127. The van der Waals surface area contributed by atoms with Gasteiger partial charge in [0.15, 0.2) is 0 Å². The van der Waals surface area contributed by atoms with Crippen molar-refractivity contribution < 1.29 is 14.3 Å². The molecule has 7 heteroatoms. The van der Waals surface area contributed by atoms with Crippen LogP contribution >= 0.6 is 67.8 Å². The monoisotopic (exact) mass is 625 g/mol. The number of hydrogen-bond donors (Lipinski definition) is 0. The average Bonchev–Trinajstić information content (AvgIpc) is 2.83. The number of esters is 1. The Morgan fingerprint density at radius 1 is 1.24 bits per heavy atom. The Balaban J connectivity index is 2.24. The lowest BCUT2D eigenvalue weighted by molar-refractivity contribution is -0.146. The number of carbonyl (C=O) groups is 2. The Kier molecular flexibility index (Phi) is 6.14. The zero-order valence-corrected chi connectivity index (χ0v) is 18.0. The summed E-state index contributed by atoms with van der Waals surface area (Å²) < 4.78 is 7.89. The molecule has 21 heavy (non-hydrogen) atoms. The van der Waals surface area contributed by atoms with Crippen molar-refractivity contribution in [2.75, 3.05) is 20.2 Å². The Morgan fingerprint density at radius 2 is 1.90 bits per heavy atom. The molecule has 0 N–H and O–H groups in total. The van der Waals surface area contributed by atoms with Crippen LogP contribution in [0.25, 0.3) is 0 Å². The molecular formula is C14H14I3NO3. The number of amides is 1. The molecule has 1 aromatic rings. The molecule has 114 valence electrons. The van der Waals surface area contributed by atoms with E-state index in [1.807, 2.05) is 19.1 Å². The molecule has 0 spiro atoms. The van der Waals surface area contributed by atoms with Gasteiger partial charge in [-0.1, -0.05) is 6.92 Å². The van der Waals surface area contributed by atoms with Gasteiger partial charge in [0.05, 0.1) is 18.6 Å². The first-order valence-corrected chi connectivity index (χ1v) is 9.60. The summed E-state index contributed by atoms with van der Waals surface area (Å²) in [7, 11) is 1.39. The van der Waals surface area contributed by atoms with E-state index in [1.165, 1.54) is 7.11 Å². The summed E-state index contributed by atoms with van der Waals surface area (Å²) in [5.41, 5.74) is 0.713. The Labute approximate surface area is 164 Å². The molecule has 1 saturated heterocycles. The fraction of sp³-hybridized carbons (Fsp3) is 0.429. The van der Waals surface area contributed by atoms with E-state index < -0.39 is 0 Å². The molecule has 0 aliphatic carbocycles. The quantitative estimate of drug-likeness (QED) is 0.288. The van der Waals surface area contributed by atoms with E-state index in [4.69, 9.17) is 4.74 Å². The van der Waals surface area contributed by atoms with Gasteiger partial charge in [0.1, 0.15) is 0 Å². The SMILES string of the molecule is COC(=O)C1CN(C(=O)c2cc(I)cc(I)c2I)CC1C. The molecule has 1 heterocycles. The van der Waals surface area contributed by atoms with Gasteiger partial charge in [-0.25, -0.2) is 0 Å². The van der Waals surface area contributed by atoms with Crippen LogP contribution in [0.15, 0.2) is 12.1 Å². The second-order valence-electron chi connectivity index (χ2n) is 5.07. The first-order chi connectivity index (χ1) is 9.85. The summed E-state index contributed by atoms with van der Waals surface area (Å²) in [6.45, 7) is 3.01. The molecular weight excluding hydrogens is 611 g/mol. The van der Waals surface area contributed by atoms with Crippen LogP contribution in [0.1, 0.15) is 17.3 Å². The normalized spacial score (nSPS) is 21.5. The molecule has 2 atom stereocenters. The third-order valence-electron chi connectivity index (χ3n) is 3.63. The summed E-state index contributed by atoms with van der Waals surface area (Å²) >= 11 is 6.66. The van der Waals surface area contributed by atoms with Crippen LogP contribution in [0.4, 0.5) is 0 Å². The number of likely N-dealkylation sites (tertiary alicyclic amines) is 1. The maximum atomic E-state index is 12.7. The number of methoxy groups -OCH3 is 1. The minimum Gasteiger partial charge on any atom is -0.469 e. The first-order valence-electron chi connectivity index (χ1n) is 6.36. The molecule has 1 aliphatic heterocycles. The second kappa shape index (κ2) is 7.28. The molecule has 2 rings (SSSR count). The highest BCUT2D eigenvalue weighted by Gasteiger charge is 2.38. The summed E-state index contributed by atoms with van der Waals surface area (Å²) in [5, 5.41) is 0. The van der Waals surface area contributed by atoms with Crippen LogP contribution in [-0.2, 0) is 9.53 Å². The lowest BCUT2D eigenvalue weighted by Crippen LogP contribution is -2.31. The molecule has 2 unspecified atom stereocenters. The molecule has 1 aliphatic rings. The number of halogens is 3. The van der Waals surface area contributed by atoms with Gasteiger partial charge in [0.25, 0.3) is 5.91 Å². The number of rotatable bonds is 2. The van der Waals surface area contributed by atoms with Crippen molar-refractivity contribution in [1.82, 2.24) is 4.90 Å². The fourth-order valence-corrected chi connectivity index (χ4v) is 4.86. The molecule has 0 aromatic heterocycles. The van der Waals surface area contributed by atoms with E-state index in [2.05, 4.69) is 67.8 Å². The van der Waals surface area contributed by atoms with Crippen molar-refractivity contribution in [3.8, 4) is 0 Å². The van der Waals surface area contributed by atoms with E-state index in [1.54, 1.807) is 4.90 Å². The van der Waals surface area contributed by atoms with Gasteiger partial charge in [-0.15, -0.1) is 0 Å². The van der Waals surface area contributed by atoms with Crippen molar-refractivity contribution in [2.24, 2.45) is 11.8 Å². The van der Waals surface area contributed by atoms with E-state index >= 15 is 0 Å². The number of nitrogens with zero attached hydrogens (tertiary/aromatic N) is 1. The third kappa shape index (κ3) is 3.82. The van der Waals surface area contributed by atoms with E-state index in [-0.39, 0.29) is 23.7 Å². The lowest BCUT2D eigenvalue weighted by Gasteiger charge is -2.18. The van der Waals surface area contributed by atoms with Crippen molar-refractivity contribution >= 4 is 79.6 Å². The van der Waals surface area contributed by atoms with Crippen LogP contribution in [0.3, 0.4) is 0 Å². The van der Waals surface area contributed by atoms with Crippen molar-refractivity contribution in [1.29, 1.82) is 0 Å². The van der Waals surface area contributed by atoms with Crippen LogP contribution in [0.2, 0.25) is 0 Å². The van der Waals surface area contributed by atoms with Gasteiger partial charge >= 0.3 is 5.97 Å². The van der Waals surface area contributed by atoms with Gasteiger partial charge in [0, 0.05) is 23.8 Å². The number of benzene rings is 1. The van der Waals surface area contributed by atoms with Gasteiger partial charge in [-0.2, -0.15) is 0 Å². The maximum Gasteiger partial charge on any atom is 0.310 e. The Hall–Kier alpha value is 0.350. The molecule has 4 nitrogen and oxygen atoms in total. The molecule has 0 saturated carbocycles. The highest BCUT2D eigenvalue weighted by molar-refractivity contribution is 14.1. The van der Waals surface area contributed by atoms with Crippen molar-refractivity contribution in [2.45, 2.75) is 6.92 Å². The van der Waals surface area contributed by atoms with Crippen LogP contribution in [-0.4, -0.2) is 37.0 Å². The maximum absolute atomic E-state index is 12.7. The van der Waals surface area contributed by atoms with Gasteiger partial charge in [-0.3, -0.25) is 9.59 Å². The predicted molar refractivity (Wildman–Crippen MR) is 105 cm³/mol. The van der Waals surface area contributed by atoms with E-state index in [0.717, 1.165) is 10.7 Å². The summed E-state index contributed by atoms with van der Waals surface area (Å²) in [6, 6.07) is 3.95. The Morgan fingerprint density at radius 3 is 2.52 bits per heavy atom. The standard InChI is InChI=1S/C14H14I3NO3/c1-7-5-18(6-10(7)14(20)21-2)13(19)9-3-8(15)4-11(16)12(9)17/h3-4,7,10H,5-6H2,1-2H3. The Bertz CT molecular complexity index is 591. The smallest absolute Gasteiger partial charge is 0.310 e. The van der Waals surface area contributed by atoms with Crippen molar-refractivity contribution in [3.05, 3.63) is 28.4 Å². The second-order valence-corrected chi connectivity index (χ2v) is 8.55. The summed E-state index contributed by atoms with van der Waals surface area (Å²) in [4.78, 5) is 26.2. The molecule has 0 bridgehead atoms. The molecule has 1 amide bonds. The summed E-state index contributed by atoms with van der Waals surface area (Å²) in [5.74, 6) is -0.335. The van der Waals surface area contributed by atoms with Crippen LogP contribution < -0.4 is 0 Å². The first kappa shape index (κ1) is 17.7. The predicted octanol–water partition coefficient (Wildman–Crippen LogP) is 3.38. The van der Waals surface area contributed by atoms with Gasteiger partial charge in [0.2, 0.25) is 0 Å². The topological polar surface area (TPSA) is 46.6 Å². The number of hydrogen-bond acceptors (Lipinski definition) is 3. The minimum atomic E-state index is -0.232. The van der Waals surface area contributed by atoms with Gasteiger partial charge in [-0.05, 0) is 85.8 Å². The lowest BCUT2D eigenvalue weighted by atomic mass is 9.99. The van der Waals surface area contributed by atoms with E-state index in [9.17, 15) is 9.59 Å². The highest BCUT2D eigenvalue weighted by Crippen LogP contribution is 2.29. The number of carbonyl (C=O) groups excluding carboxylic acids is 2. The van der Waals surface area contributed by atoms with Crippen LogP contribution in [0, 0.1) is 22.5 Å². The molecule has 1 fully saturated rings. The summed E-state index contributed by atoms with van der Waals surface area (Å²) in [6.07, 6.45) is 0. The fourth-order valence-electron chi connectivity index (χ4n) is 2.47. The van der Waals surface area contributed by atoms with Gasteiger partial charge < -0.3 is 9.64 Å². The van der Waals surface area contributed by atoms with Crippen molar-refractivity contribution in [3.63, 3.8) is 0 Å². The zero-order chi connectivity index (χ0) is 15.7. The molecule has 0 radical (unpaired) electrons.